The van der Waals surface area contributed by atoms with Crippen LogP contribution in [0.5, 0.6) is 5.75 Å². The number of anilines is 1. The Morgan fingerprint density at radius 1 is 1.62 bits per heavy atom. The molecule has 84 valence electrons. The van der Waals surface area contributed by atoms with E-state index in [9.17, 15) is 4.79 Å². The van der Waals surface area contributed by atoms with Gasteiger partial charge in [-0.25, -0.2) is 0 Å². The molecule has 0 atom stereocenters. The molecule has 0 saturated heterocycles. The molecule has 0 spiro atoms. The molecule has 1 aromatic carbocycles. The monoisotopic (exact) mass is 330 g/mol. The molecule has 0 aliphatic carbocycles. The molecule has 1 rings (SSSR count). The van der Waals surface area contributed by atoms with E-state index in [0.29, 0.717) is 20.6 Å². The molecule has 0 aliphatic rings. The highest BCUT2D eigenvalue weighted by Gasteiger charge is 2.15. The molecule has 0 saturated carbocycles. The fourth-order valence-corrected chi connectivity index (χ4v) is 2.44. The number of ether oxygens (including phenoxy) is 1. The molecule has 0 radical (unpaired) electrons. The van der Waals surface area contributed by atoms with Crippen LogP contribution < -0.4 is 10.1 Å². The van der Waals surface area contributed by atoms with E-state index in [0.717, 1.165) is 5.56 Å². The number of hydrogen-bond acceptors (Lipinski definition) is 3. The van der Waals surface area contributed by atoms with E-state index < -0.39 is 0 Å². The SMILES string of the molecule is COc1c(NC(C)=O)cc(C)c(C#N)c1I. The summed E-state index contributed by atoms with van der Waals surface area (Å²) < 4.78 is 5.92. The first kappa shape index (κ1) is 12.8. The van der Waals surface area contributed by atoms with E-state index in [1.807, 2.05) is 29.5 Å². The van der Waals surface area contributed by atoms with E-state index >= 15 is 0 Å². The number of rotatable bonds is 2. The van der Waals surface area contributed by atoms with Crippen molar-refractivity contribution in [2.75, 3.05) is 12.4 Å². The fourth-order valence-electron chi connectivity index (χ4n) is 1.38. The van der Waals surface area contributed by atoms with Crippen LogP contribution in [0.4, 0.5) is 5.69 Å². The average molecular weight is 330 g/mol. The van der Waals surface area contributed by atoms with Gasteiger partial charge in [-0.2, -0.15) is 5.26 Å². The number of hydrogen-bond donors (Lipinski definition) is 1. The number of carbonyl (C=O) groups is 1. The van der Waals surface area contributed by atoms with Crippen molar-refractivity contribution in [2.45, 2.75) is 13.8 Å². The van der Waals surface area contributed by atoms with E-state index in [4.69, 9.17) is 10.00 Å². The number of carbonyl (C=O) groups excluding carboxylic acids is 1. The topological polar surface area (TPSA) is 62.1 Å². The molecule has 16 heavy (non-hydrogen) atoms. The third kappa shape index (κ3) is 2.44. The van der Waals surface area contributed by atoms with Crippen molar-refractivity contribution in [2.24, 2.45) is 0 Å². The summed E-state index contributed by atoms with van der Waals surface area (Å²) in [5.41, 5.74) is 1.99. The molecule has 0 bridgehead atoms. The maximum absolute atomic E-state index is 11.0. The lowest BCUT2D eigenvalue weighted by Crippen LogP contribution is -2.09. The molecule has 4 nitrogen and oxygen atoms in total. The lowest BCUT2D eigenvalue weighted by atomic mass is 10.1. The molecule has 5 heteroatoms. The number of nitrogens with zero attached hydrogens (tertiary/aromatic N) is 1. The van der Waals surface area contributed by atoms with Gasteiger partial charge in [-0.1, -0.05) is 0 Å². The van der Waals surface area contributed by atoms with Gasteiger partial charge in [0.25, 0.3) is 0 Å². The van der Waals surface area contributed by atoms with Crippen LogP contribution in [0.3, 0.4) is 0 Å². The van der Waals surface area contributed by atoms with Gasteiger partial charge in [-0.05, 0) is 41.1 Å². The Labute approximate surface area is 108 Å². The molecule has 0 heterocycles. The predicted molar refractivity (Wildman–Crippen MR) is 69.5 cm³/mol. The normalized spacial score (nSPS) is 9.44. The van der Waals surface area contributed by atoms with Crippen LogP contribution >= 0.6 is 22.6 Å². The minimum absolute atomic E-state index is 0.168. The second-order valence-electron chi connectivity index (χ2n) is 3.26. The molecule has 1 N–H and O–H groups in total. The second-order valence-corrected chi connectivity index (χ2v) is 4.33. The van der Waals surface area contributed by atoms with Crippen LogP contribution in [0.25, 0.3) is 0 Å². The van der Waals surface area contributed by atoms with Crippen molar-refractivity contribution >= 4 is 34.2 Å². The summed E-state index contributed by atoms with van der Waals surface area (Å²) in [5, 5.41) is 11.7. The van der Waals surface area contributed by atoms with Gasteiger partial charge >= 0.3 is 0 Å². The zero-order chi connectivity index (χ0) is 12.3. The first-order valence-electron chi connectivity index (χ1n) is 4.56. The first-order chi connectivity index (χ1) is 7.51. The fraction of sp³-hybridized carbons (Fsp3) is 0.273. The maximum atomic E-state index is 11.0. The van der Waals surface area contributed by atoms with Crippen LogP contribution in [0.2, 0.25) is 0 Å². The smallest absolute Gasteiger partial charge is 0.221 e. The number of benzene rings is 1. The van der Waals surface area contributed by atoms with Gasteiger partial charge in [0.2, 0.25) is 5.91 Å². The standard InChI is InChI=1S/C11H11IN2O2/c1-6-4-9(14-7(2)15)11(16-3)10(12)8(6)5-13/h4H,1-3H3,(H,14,15). The van der Waals surface area contributed by atoms with Crippen molar-refractivity contribution in [1.82, 2.24) is 0 Å². The molecule has 0 fully saturated rings. The van der Waals surface area contributed by atoms with Crippen LogP contribution in [0.15, 0.2) is 6.07 Å². The van der Waals surface area contributed by atoms with Crippen LogP contribution in [0, 0.1) is 21.8 Å². The molecular formula is C11H11IN2O2. The van der Waals surface area contributed by atoms with E-state index in [-0.39, 0.29) is 5.91 Å². The summed E-state index contributed by atoms with van der Waals surface area (Å²) in [5.74, 6) is 0.358. The molecule has 0 unspecified atom stereocenters. The Bertz CT molecular complexity index is 478. The second kappa shape index (κ2) is 5.16. The third-order valence-corrected chi connectivity index (χ3v) is 3.07. The number of halogens is 1. The molecular weight excluding hydrogens is 319 g/mol. The molecule has 1 amide bonds. The highest BCUT2D eigenvalue weighted by molar-refractivity contribution is 14.1. The zero-order valence-corrected chi connectivity index (χ0v) is 11.4. The van der Waals surface area contributed by atoms with Crippen molar-refractivity contribution in [3.63, 3.8) is 0 Å². The predicted octanol–water partition coefficient (Wildman–Crippen LogP) is 2.44. The van der Waals surface area contributed by atoms with Gasteiger partial charge in [0, 0.05) is 6.92 Å². The zero-order valence-electron chi connectivity index (χ0n) is 9.22. The van der Waals surface area contributed by atoms with Gasteiger partial charge in [0.1, 0.15) is 6.07 Å². The Balaban J connectivity index is 3.41. The highest BCUT2D eigenvalue weighted by atomic mass is 127. The molecule has 0 aromatic heterocycles. The number of aryl methyl sites for hydroxylation is 1. The Kier molecular flexibility index (Phi) is 4.12. The van der Waals surface area contributed by atoms with Crippen molar-refractivity contribution in [1.29, 1.82) is 5.26 Å². The van der Waals surface area contributed by atoms with Gasteiger partial charge < -0.3 is 10.1 Å². The Morgan fingerprint density at radius 3 is 2.69 bits per heavy atom. The summed E-state index contributed by atoms with van der Waals surface area (Å²) in [6.45, 7) is 3.26. The van der Waals surface area contributed by atoms with Gasteiger partial charge in [-0.15, -0.1) is 0 Å². The lowest BCUT2D eigenvalue weighted by molar-refractivity contribution is -0.114. The van der Waals surface area contributed by atoms with E-state index in [2.05, 4.69) is 11.4 Å². The molecule has 1 aromatic rings. The number of methoxy groups -OCH3 is 1. The van der Waals surface area contributed by atoms with E-state index in [1.165, 1.54) is 14.0 Å². The average Bonchev–Trinajstić information content (AvgIpc) is 2.17. The number of nitrogens with one attached hydrogen (secondary N) is 1. The summed E-state index contributed by atoms with van der Waals surface area (Å²) in [4.78, 5) is 11.0. The minimum Gasteiger partial charge on any atom is -0.493 e. The Hall–Kier alpha value is -1.29. The Morgan fingerprint density at radius 2 is 2.25 bits per heavy atom. The maximum Gasteiger partial charge on any atom is 0.221 e. The largest absolute Gasteiger partial charge is 0.493 e. The lowest BCUT2D eigenvalue weighted by Gasteiger charge is -2.13. The molecule has 0 aliphatic heterocycles. The van der Waals surface area contributed by atoms with Gasteiger partial charge in [0.15, 0.2) is 5.75 Å². The summed E-state index contributed by atoms with van der Waals surface area (Å²) >= 11 is 2.04. The van der Waals surface area contributed by atoms with Crippen molar-refractivity contribution in [3.05, 3.63) is 20.8 Å². The third-order valence-electron chi connectivity index (χ3n) is 2.05. The van der Waals surface area contributed by atoms with Crippen molar-refractivity contribution < 1.29 is 9.53 Å². The number of amides is 1. The van der Waals surface area contributed by atoms with Crippen LogP contribution in [0.1, 0.15) is 18.1 Å². The minimum atomic E-state index is -0.168. The number of nitriles is 1. The van der Waals surface area contributed by atoms with Crippen LogP contribution in [-0.2, 0) is 4.79 Å². The van der Waals surface area contributed by atoms with Crippen molar-refractivity contribution in [3.8, 4) is 11.8 Å². The summed E-state index contributed by atoms with van der Waals surface area (Å²) in [6, 6.07) is 3.86. The van der Waals surface area contributed by atoms with Gasteiger partial charge in [0.05, 0.1) is 21.9 Å². The quantitative estimate of drug-likeness (QED) is 0.847. The van der Waals surface area contributed by atoms with Crippen LogP contribution in [-0.4, -0.2) is 13.0 Å². The summed E-state index contributed by atoms with van der Waals surface area (Å²) in [6.07, 6.45) is 0. The first-order valence-corrected chi connectivity index (χ1v) is 5.64. The van der Waals surface area contributed by atoms with Gasteiger partial charge in [-0.3, -0.25) is 4.79 Å². The van der Waals surface area contributed by atoms with E-state index in [1.54, 1.807) is 6.07 Å². The summed E-state index contributed by atoms with van der Waals surface area (Å²) in [7, 11) is 1.51. The highest BCUT2D eigenvalue weighted by Crippen LogP contribution is 2.34.